The van der Waals surface area contributed by atoms with E-state index in [-0.39, 0.29) is 0 Å². The fourth-order valence-electron chi connectivity index (χ4n) is 1.32. The summed E-state index contributed by atoms with van der Waals surface area (Å²) in [5.74, 6) is 0. The van der Waals surface area contributed by atoms with Crippen LogP contribution in [0.3, 0.4) is 0 Å². The zero-order valence-corrected chi connectivity index (χ0v) is 7.95. The van der Waals surface area contributed by atoms with Crippen LogP contribution in [0.1, 0.15) is 17.1 Å². The van der Waals surface area contributed by atoms with Crippen molar-refractivity contribution in [2.45, 2.75) is 13.3 Å². The summed E-state index contributed by atoms with van der Waals surface area (Å²) in [6.45, 7) is 4.19. The third-order valence-corrected chi connectivity index (χ3v) is 2.85. The molecule has 2 heterocycles. The molecular formula is C9H12N2S. The van der Waals surface area contributed by atoms with E-state index in [0.29, 0.717) is 0 Å². The highest BCUT2D eigenvalue weighted by molar-refractivity contribution is 7.10. The summed E-state index contributed by atoms with van der Waals surface area (Å²) in [7, 11) is 0. The lowest BCUT2D eigenvalue weighted by Gasteiger charge is -1.90. The Hall–Kier alpha value is -0.670. The van der Waals surface area contributed by atoms with E-state index in [1.807, 2.05) is 6.92 Å². The maximum Gasteiger partial charge on any atom is 0.116 e. The highest BCUT2D eigenvalue weighted by atomic mass is 32.1. The van der Waals surface area contributed by atoms with E-state index in [2.05, 4.69) is 21.8 Å². The first-order valence-corrected chi connectivity index (χ1v) is 5.05. The Morgan fingerprint density at radius 2 is 2.58 bits per heavy atom. The summed E-state index contributed by atoms with van der Waals surface area (Å²) in [5, 5.41) is 6.54. The molecule has 0 unspecified atom stereocenters. The van der Waals surface area contributed by atoms with Crippen molar-refractivity contribution in [3.05, 3.63) is 21.7 Å². The van der Waals surface area contributed by atoms with Crippen LogP contribution in [0.25, 0.3) is 6.08 Å². The maximum absolute atomic E-state index is 4.39. The van der Waals surface area contributed by atoms with Crippen molar-refractivity contribution < 1.29 is 0 Å². The first-order chi connectivity index (χ1) is 5.84. The zero-order valence-electron chi connectivity index (χ0n) is 7.13. The lowest BCUT2D eigenvalue weighted by molar-refractivity contribution is 0.862. The predicted molar refractivity (Wildman–Crippen MR) is 52.3 cm³/mol. The fraction of sp³-hybridized carbons (Fsp3) is 0.444. The van der Waals surface area contributed by atoms with Gasteiger partial charge in [-0.2, -0.15) is 0 Å². The molecule has 1 saturated heterocycles. The van der Waals surface area contributed by atoms with E-state index < -0.39 is 0 Å². The van der Waals surface area contributed by atoms with Crippen molar-refractivity contribution in [1.29, 1.82) is 0 Å². The average Bonchev–Trinajstić information content (AvgIpc) is 2.63. The van der Waals surface area contributed by atoms with E-state index in [0.717, 1.165) is 23.8 Å². The maximum atomic E-state index is 4.39. The third-order valence-electron chi connectivity index (χ3n) is 1.94. The molecule has 0 atom stereocenters. The molecule has 1 fully saturated rings. The van der Waals surface area contributed by atoms with E-state index in [4.69, 9.17) is 0 Å². The lowest BCUT2D eigenvalue weighted by atomic mass is 10.2. The lowest BCUT2D eigenvalue weighted by Crippen LogP contribution is -2.04. The van der Waals surface area contributed by atoms with Crippen molar-refractivity contribution in [2.24, 2.45) is 0 Å². The third kappa shape index (κ3) is 1.73. The van der Waals surface area contributed by atoms with Gasteiger partial charge in [-0.15, -0.1) is 11.3 Å². The first kappa shape index (κ1) is 7.95. The Kier molecular flexibility index (Phi) is 2.23. The van der Waals surface area contributed by atoms with Crippen LogP contribution in [0.2, 0.25) is 0 Å². The van der Waals surface area contributed by atoms with Crippen molar-refractivity contribution in [3.63, 3.8) is 0 Å². The topological polar surface area (TPSA) is 24.9 Å². The molecule has 0 aliphatic carbocycles. The number of thiazole rings is 1. The molecule has 1 N–H and O–H groups in total. The number of aromatic nitrogens is 1. The van der Waals surface area contributed by atoms with Gasteiger partial charge >= 0.3 is 0 Å². The van der Waals surface area contributed by atoms with Gasteiger partial charge in [0.2, 0.25) is 0 Å². The molecule has 2 rings (SSSR count). The average molecular weight is 180 g/mol. The quantitative estimate of drug-likeness (QED) is 0.713. The van der Waals surface area contributed by atoms with Crippen molar-refractivity contribution >= 4 is 17.4 Å². The molecule has 0 radical (unpaired) electrons. The van der Waals surface area contributed by atoms with Crippen LogP contribution in [-0.2, 0) is 0 Å². The summed E-state index contributed by atoms with van der Waals surface area (Å²) in [4.78, 5) is 4.39. The van der Waals surface area contributed by atoms with Crippen molar-refractivity contribution in [2.75, 3.05) is 13.1 Å². The molecule has 0 amide bonds. The Morgan fingerprint density at radius 3 is 3.17 bits per heavy atom. The number of hydrogen-bond acceptors (Lipinski definition) is 3. The molecule has 1 aliphatic rings. The summed E-state index contributed by atoms with van der Waals surface area (Å²) in [6.07, 6.45) is 3.39. The molecule has 2 nitrogen and oxygen atoms in total. The van der Waals surface area contributed by atoms with Gasteiger partial charge in [-0.1, -0.05) is 5.57 Å². The Labute approximate surface area is 76.3 Å². The standard InChI is InChI=1S/C9H12N2S/c1-7-6-12-9(11-7)4-8-2-3-10-5-8/h4,6,10H,2-3,5H2,1H3/b8-4-. The van der Waals surface area contributed by atoms with Crippen LogP contribution < -0.4 is 5.32 Å². The minimum atomic E-state index is 1.04. The molecule has 1 aromatic heterocycles. The van der Waals surface area contributed by atoms with Crippen LogP contribution in [0.5, 0.6) is 0 Å². The van der Waals surface area contributed by atoms with E-state index in [1.165, 1.54) is 12.0 Å². The molecular weight excluding hydrogens is 168 g/mol. The van der Waals surface area contributed by atoms with Crippen LogP contribution in [0, 0.1) is 6.92 Å². The smallest absolute Gasteiger partial charge is 0.116 e. The first-order valence-electron chi connectivity index (χ1n) is 4.17. The minimum Gasteiger partial charge on any atom is -0.313 e. The highest BCUT2D eigenvalue weighted by Crippen LogP contribution is 2.15. The van der Waals surface area contributed by atoms with Crippen LogP contribution in [0.15, 0.2) is 11.0 Å². The fourth-order valence-corrected chi connectivity index (χ4v) is 2.10. The number of nitrogens with one attached hydrogen (secondary N) is 1. The second-order valence-corrected chi connectivity index (χ2v) is 3.95. The molecule has 0 bridgehead atoms. The van der Waals surface area contributed by atoms with Gasteiger partial charge in [0.15, 0.2) is 0 Å². The number of rotatable bonds is 1. The minimum absolute atomic E-state index is 1.04. The molecule has 1 aromatic rings. The van der Waals surface area contributed by atoms with E-state index in [1.54, 1.807) is 11.3 Å². The molecule has 0 saturated carbocycles. The van der Waals surface area contributed by atoms with Gasteiger partial charge in [0.05, 0.1) is 0 Å². The zero-order chi connectivity index (χ0) is 8.39. The van der Waals surface area contributed by atoms with Crippen LogP contribution in [-0.4, -0.2) is 18.1 Å². The second-order valence-electron chi connectivity index (χ2n) is 3.06. The van der Waals surface area contributed by atoms with Gasteiger partial charge < -0.3 is 5.32 Å². The van der Waals surface area contributed by atoms with Gasteiger partial charge in [0, 0.05) is 17.6 Å². The summed E-state index contributed by atoms with van der Waals surface area (Å²) < 4.78 is 0. The van der Waals surface area contributed by atoms with Gasteiger partial charge in [-0.25, -0.2) is 4.98 Å². The molecule has 1 aliphatic heterocycles. The monoisotopic (exact) mass is 180 g/mol. The van der Waals surface area contributed by atoms with E-state index in [9.17, 15) is 0 Å². The Morgan fingerprint density at radius 1 is 1.67 bits per heavy atom. The molecule has 12 heavy (non-hydrogen) atoms. The molecule has 0 aromatic carbocycles. The van der Waals surface area contributed by atoms with Crippen molar-refractivity contribution in [3.8, 4) is 0 Å². The van der Waals surface area contributed by atoms with Gasteiger partial charge in [0.25, 0.3) is 0 Å². The Balaban J connectivity index is 2.15. The Bertz CT molecular complexity index is 293. The summed E-state index contributed by atoms with van der Waals surface area (Å²) in [6, 6.07) is 0. The van der Waals surface area contributed by atoms with Crippen LogP contribution >= 0.6 is 11.3 Å². The second kappa shape index (κ2) is 3.37. The summed E-state index contributed by atoms with van der Waals surface area (Å²) in [5.41, 5.74) is 2.60. The normalized spacial score (nSPS) is 20.6. The molecule has 3 heteroatoms. The highest BCUT2D eigenvalue weighted by Gasteiger charge is 2.05. The number of aryl methyl sites for hydroxylation is 1. The van der Waals surface area contributed by atoms with Gasteiger partial charge in [0.1, 0.15) is 5.01 Å². The number of hydrogen-bond donors (Lipinski definition) is 1. The number of nitrogens with zero attached hydrogens (tertiary/aromatic N) is 1. The summed E-state index contributed by atoms with van der Waals surface area (Å²) >= 11 is 1.72. The molecule has 0 spiro atoms. The molecule has 64 valence electrons. The van der Waals surface area contributed by atoms with E-state index >= 15 is 0 Å². The largest absolute Gasteiger partial charge is 0.313 e. The van der Waals surface area contributed by atoms with Crippen molar-refractivity contribution in [1.82, 2.24) is 10.3 Å². The van der Waals surface area contributed by atoms with Gasteiger partial charge in [-0.05, 0) is 26.0 Å². The van der Waals surface area contributed by atoms with Gasteiger partial charge in [-0.3, -0.25) is 0 Å². The predicted octanol–water partition coefficient (Wildman–Crippen LogP) is 1.83. The van der Waals surface area contributed by atoms with Crippen LogP contribution in [0.4, 0.5) is 0 Å². The SMILES string of the molecule is Cc1csc(/C=C2/CCNC2)n1.